The minimum atomic E-state index is 0.0246. The van der Waals surface area contributed by atoms with E-state index in [2.05, 4.69) is 26.1 Å². The molecule has 1 amide bonds. The van der Waals surface area contributed by atoms with Gasteiger partial charge in [-0.25, -0.2) is 0 Å². The van der Waals surface area contributed by atoms with E-state index in [9.17, 15) is 4.79 Å². The molecule has 1 aliphatic heterocycles. The molecule has 0 saturated carbocycles. The molecule has 1 N–H and O–H groups in total. The van der Waals surface area contributed by atoms with Crippen molar-refractivity contribution in [2.24, 2.45) is 11.8 Å². The molecule has 0 radical (unpaired) electrons. The summed E-state index contributed by atoms with van der Waals surface area (Å²) in [4.78, 5) is 12.2. The first-order chi connectivity index (χ1) is 8.10. The molecule has 1 aliphatic rings. The number of carbonyl (C=O) groups excluding carboxylic acids is 1. The Morgan fingerprint density at radius 1 is 1.53 bits per heavy atom. The quantitative estimate of drug-likeness (QED) is 0.747. The summed E-state index contributed by atoms with van der Waals surface area (Å²) in [6.07, 6.45) is 2.67. The van der Waals surface area contributed by atoms with Gasteiger partial charge < -0.3 is 10.1 Å². The van der Waals surface area contributed by atoms with E-state index < -0.39 is 0 Å². The van der Waals surface area contributed by atoms with Gasteiger partial charge in [-0.3, -0.25) is 4.79 Å². The number of alkyl halides is 1. The predicted molar refractivity (Wildman–Crippen MR) is 70.2 cm³/mol. The Hall–Kier alpha value is -0.280. The van der Waals surface area contributed by atoms with E-state index >= 15 is 0 Å². The Morgan fingerprint density at radius 3 is 2.76 bits per heavy atom. The van der Waals surface area contributed by atoms with Crippen molar-refractivity contribution >= 4 is 17.5 Å². The van der Waals surface area contributed by atoms with Gasteiger partial charge in [0.05, 0.1) is 12.0 Å². The third-order valence-corrected chi connectivity index (χ3v) is 3.72. The molecule has 1 fully saturated rings. The summed E-state index contributed by atoms with van der Waals surface area (Å²) in [5, 5.41) is 3.12. The first kappa shape index (κ1) is 14.8. The van der Waals surface area contributed by atoms with Gasteiger partial charge in [0.2, 0.25) is 5.91 Å². The Bertz CT molecular complexity index is 246. The van der Waals surface area contributed by atoms with Crippen LogP contribution in [-0.2, 0) is 9.53 Å². The van der Waals surface area contributed by atoms with Crippen molar-refractivity contribution in [3.63, 3.8) is 0 Å². The second-order valence-electron chi connectivity index (χ2n) is 5.05. The maximum Gasteiger partial charge on any atom is 0.226 e. The fourth-order valence-corrected chi connectivity index (χ4v) is 2.57. The van der Waals surface area contributed by atoms with E-state index in [4.69, 9.17) is 16.3 Å². The highest BCUT2D eigenvalue weighted by atomic mass is 35.5. The highest BCUT2D eigenvalue weighted by Crippen LogP contribution is 2.24. The van der Waals surface area contributed by atoms with Crippen LogP contribution in [0.1, 0.15) is 40.0 Å². The number of ether oxygens (including phenoxy) is 1. The molecule has 0 aliphatic carbocycles. The number of rotatable bonds is 6. The zero-order valence-electron chi connectivity index (χ0n) is 11.0. The van der Waals surface area contributed by atoms with Crippen molar-refractivity contribution in [2.75, 3.05) is 12.5 Å². The Labute approximate surface area is 109 Å². The second kappa shape index (κ2) is 7.22. The topological polar surface area (TPSA) is 38.3 Å². The molecular weight excluding hydrogens is 238 g/mol. The molecule has 100 valence electrons. The summed E-state index contributed by atoms with van der Waals surface area (Å²) in [5.41, 5.74) is 0. The van der Waals surface area contributed by atoms with Gasteiger partial charge in [0.25, 0.3) is 0 Å². The van der Waals surface area contributed by atoms with E-state index in [0.29, 0.717) is 18.4 Å². The molecule has 0 aromatic heterocycles. The first-order valence-electron chi connectivity index (χ1n) is 6.58. The molecule has 1 rings (SSSR count). The lowest BCUT2D eigenvalue weighted by atomic mass is 9.96. The fraction of sp³-hybridized carbons (Fsp3) is 0.923. The molecule has 0 bridgehead atoms. The van der Waals surface area contributed by atoms with Crippen molar-refractivity contribution in [2.45, 2.75) is 52.2 Å². The summed E-state index contributed by atoms with van der Waals surface area (Å²) >= 11 is 5.76. The van der Waals surface area contributed by atoms with Crippen molar-refractivity contribution < 1.29 is 9.53 Å². The van der Waals surface area contributed by atoms with Crippen molar-refractivity contribution in [3.8, 4) is 0 Å². The first-order valence-corrected chi connectivity index (χ1v) is 7.11. The summed E-state index contributed by atoms with van der Waals surface area (Å²) in [5.74, 6) is 1.16. The third kappa shape index (κ3) is 4.14. The highest BCUT2D eigenvalue weighted by molar-refractivity contribution is 6.17. The molecule has 0 aromatic rings. The van der Waals surface area contributed by atoms with Crippen LogP contribution >= 0.6 is 11.6 Å². The summed E-state index contributed by atoms with van der Waals surface area (Å²) in [7, 11) is 0. The van der Waals surface area contributed by atoms with Gasteiger partial charge in [-0.15, -0.1) is 11.6 Å². The van der Waals surface area contributed by atoms with E-state index in [1.807, 2.05) is 0 Å². The summed E-state index contributed by atoms with van der Waals surface area (Å²) < 4.78 is 5.55. The van der Waals surface area contributed by atoms with Crippen LogP contribution in [0.3, 0.4) is 0 Å². The molecule has 1 saturated heterocycles. The number of carbonyl (C=O) groups is 1. The predicted octanol–water partition coefficient (Wildman–Crippen LogP) is 2.57. The van der Waals surface area contributed by atoms with E-state index in [1.165, 1.54) is 0 Å². The molecular formula is C13H24ClNO2. The minimum Gasteiger partial charge on any atom is -0.377 e. The molecule has 0 aromatic carbocycles. The normalized spacial score (nSPS) is 26.2. The van der Waals surface area contributed by atoms with Gasteiger partial charge in [-0.1, -0.05) is 20.8 Å². The number of hydrogen-bond acceptors (Lipinski definition) is 2. The van der Waals surface area contributed by atoms with E-state index in [1.54, 1.807) is 0 Å². The van der Waals surface area contributed by atoms with Gasteiger partial charge in [0.15, 0.2) is 0 Å². The van der Waals surface area contributed by atoms with Crippen molar-refractivity contribution in [1.29, 1.82) is 0 Å². The average molecular weight is 262 g/mol. The number of nitrogens with one attached hydrogen (secondary N) is 1. The zero-order chi connectivity index (χ0) is 12.8. The maximum absolute atomic E-state index is 12.2. The lowest BCUT2D eigenvalue weighted by Crippen LogP contribution is -2.44. The van der Waals surface area contributed by atoms with Crippen molar-refractivity contribution in [1.82, 2.24) is 5.32 Å². The molecule has 4 heteroatoms. The Balaban J connectivity index is 2.51. The maximum atomic E-state index is 12.2. The molecule has 1 heterocycles. The van der Waals surface area contributed by atoms with Crippen LogP contribution in [0, 0.1) is 11.8 Å². The lowest BCUT2D eigenvalue weighted by Gasteiger charge is -2.24. The number of hydrogen-bond donors (Lipinski definition) is 1. The van der Waals surface area contributed by atoms with Gasteiger partial charge in [-0.2, -0.15) is 0 Å². The monoisotopic (exact) mass is 261 g/mol. The van der Waals surface area contributed by atoms with Crippen LogP contribution in [-0.4, -0.2) is 30.5 Å². The second-order valence-corrected chi connectivity index (χ2v) is 5.43. The van der Waals surface area contributed by atoms with Crippen LogP contribution in [0.25, 0.3) is 0 Å². The standard InChI is InChI=1S/C13H24ClNO2/c1-4-12-10(6-8-17-12)13(16)15-11(5-7-14)9(2)3/h9-12H,4-8H2,1-3H3,(H,15,16). The SMILES string of the molecule is CCC1OCCC1C(=O)NC(CCCl)C(C)C. The smallest absolute Gasteiger partial charge is 0.226 e. The van der Waals surface area contributed by atoms with E-state index in [0.717, 1.165) is 19.3 Å². The molecule has 0 spiro atoms. The zero-order valence-corrected chi connectivity index (χ0v) is 11.8. The molecule has 3 unspecified atom stereocenters. The van der Waals surface area contributed by atoms with Gasteiger partial charge >= 0.3 is 0 Å². The number of halogens is 1. The molecule has 3 atom stereocenters. The van der Waals surface area contributed by atoms with Gasteiger partial charge in [0.1, 0.15) is 0 Å². The van der Waals surface area contributed by atoms with Crippen LogP contribution in [0.2, 0.25) is 0 Å². The Morgan fingerprint density at radius 2 is 2.24 bits per heavy atom. The van der Waals surface area contributed by atoms with Gasteiger partial charge in [-0.05, 0) is 25.2 Å². The van der Waals surface area contributed by atoms with Crippen LogP contribution in [0.4, 0.5) is 0 Å². The van der Waals surface area contributed by atoms with Gasteiger partial charge in [0, 0.05) is 18.5 Å². The number of amides is 1. The largest absolute Gasteiger partial charge is 0.377 e. The highest BCUT2D eigenvalue weighted by Gasteiger charge is 2.33. The van der Waals surface area contributed by atoms with Crippen molar-refractivity contribution in [3.05, 3.63) is 0 Å². The summed E-state index contributed by atoms with van der Waals surface area (Å²) in [6.45, 7) is 6.99. The minimum absolute atomic E-state index is 0.0246. The fourth-order valence-electron chi connectivity index (χ4n) is 2.33. The molecule has 17 heavy (non-hydrogen) atoms. The Kier molecular flexibility index (Phi) is 6.28. The third-order valence-electron chi connectivity index (χ3n) is 3.50. The van der Waals surface area contributed by atoms with E-state index in [-0.39, 0.29) is 24.0 Å². The average Bonchev–Trinajstić information content (AvgIpc) is 2.76. The molecule has 3 nitrogen and oxygen atoms in total. The lowest BCUT2D eigenvalue weighted by molar-refractivity contribution is -0.127. The van der Waals surface area contributed by atoms with Crippen LogP contribution < -0.4 is 5.32 Å². The van der Waals surface area contributed by atoms with Crippen LogP contribution in [0.15, 0.2) is 0 Å². The summed E-state index contributed by atoms with van der Waals surface area (Å²) in [6, 6.07) is 0.179. The van der Waals surface area contributed by atoms with Crippen LogP contribution in [0.5, 0.6) is 0 Å².